The molecule has 0 radical (unpaired) electrons. The molecule has 2 nitrogen and oxygen atoms in total. The van der Waals surface area contributed by atoms with Gasteiger partial charge in [0.15, 0.2) is 0 Å². The van der Waals surface area contributed by atoms with Gasteiger partial charge < -0.3 is 0 Å². The Bertz CT molecular complexity index is 3390. The van der Waals surface area contributed by atoms with Crippen molar-refractivity contribution in [2.45, 2.75) is 0 Å². The summed E-state index contributed by atoms with van der Waals surface area (Å²) in [7, 11) is 0. The van der Waals surface area contributed by atoms with Crippen molar-refractivity contribution in [2.75, 3.05) is 0 Å². The molecule has 0 saturated heterocycles. The SMILES string of the molecule is C1=C/C(c2ccc(-c3ccc(-c4cc(-c5ccccc5)c5c(ccc6ccccc65)n4)cc3)cc2)=C\C(c2ccc3ccccc3c2)=NC(c2ccc3ccccc3c2)=C1. The van der Waals surface area contributed by atoms with Crippen molar-refractivity contribution in [3.05, 3.63) is 247 Å². The predicted molar refractivity (Wildman–Crippen MR) is 255 cm³/mol. The van der Waals surface area contributed by atoms with E-state index < -0.39 is 0 Å². The second kappa shape index (κ2) is 15.1. The number of hydrogen-bond acceptors (Lipinski definition) is 2. The molecule has 0 unspecified atom stereocenters. The minimum Gasteiger partial charge on any atom is -0.248 e. The van der Waals surface area contributed by atoms with Gasteiger partial charge >= 0.3 is 0 Å². The maximum atomic E-state index is 5.36. The van der Waals surface area contributed by atoms with Crippen LogP contribution in [0.4, 0.5) is 0 Å². The van der Waals surface area contributed by atoms with E-state index in [-0.39, 0.29) is 0 Å². The number of pyridine rings is 1. The highest BCUT2D eigenvalue weighted by Crippen LogP contribution is 2.37. The smallest absolute Gasteiger partial charge is 0.0722 e. The molecular formula is C58H38N2. The van der Waals surface area contributed by atoms with E-state index >= 15 is 0 Å². The Morgan fingerprint density at radius 2 is 0.917 bits per heavy atom. The van der Waals surface area contributed by atoms with Gasteiger partial charge in [-0.25, -0.2) is 9.98 Å². The van der Waals surface area contributed by atoms with E-state index in [9.17, 15) is 0 Å². The van der Waals surface area contributed by atoms with Gasteiger partial charge in [0.25, 0.3) is 0 Å². The first-order valence-corrected chi connectivity index (χ1v) is 20.5. The van der Waals surface area contributed by atoms with Gasteiger partial charge in [-0.2, -0.15) is 0 Å². The molecule has 0 saturated carbocycles. The molecule has 1 aliphatic heterocycles. The Balaban J connectivity index is 0.925. The number of aliphatic imine (C=N–C) groups is 1. The van der Waals surface area contributed by atoms with Crippen LogP contribution in [0, 0.1) is 0 Å². The van der Waals surface area contributed by atoms with E-state index in [0.717, 1.165) is 61.6 Å². The lowest BCUT2D eigenvalue weighted by Gasteiger charge is -2.14. The molecule has 11 rings (SSSR count). The van der Waals surface area contributed by atoms with Crippen LogP contribution in [-0.4, -0.2) is 10.7 Å². The van der Waals surface area contributed by atoms with Gasteiger partial charge in [0.1, 0.15) is 0 Å². The summed E-state index contributed by atoms with van der Waals surface area (Å²) in [5.74, 6) is 0. The maximum Gasteiger partial charge on any atom is 0.0722 e. The third-order valence-corrected chi connectivity index (χ3v) is 11.7. The number of allylic oxidation sites excluding steroid dienone is 5. The predicted octanol–water partition coefficient (Wildman–Crippen LogP) is 15.2. The fourth-order valence-electron chi connectivity index (χ4n) is 8.51. The van der Waals surface area contributed by atoms with Crippen LogP contribution in [0.3, 0.4) is 0 Å². The van der Waals surface area contributed by atoms with Crippen LogP contribution < -0.4 is 0 Å². The number of nitrogens with zero attached hydrogens (tertiary/aromatic N) is 2. The van der Waals surface area contributed by atoms with Crippen molar-refractivity contribution < 1.29 is 0 Å². The Morgan fingerprint density at radius 3 is 1.63 bits per heavy atom. The van der Waals surface area contributed by atoms with Crippen LogP contribution in [0.1, 0.15) is 16.7 Å². The molecule has 2 heterocycles. The maximum absolute atomic E-state index is 5.36. The van der Waals surface area contributed by atoms with Crippen molar-refractivity contribution in [2.24, 2.45) is 4.99 Å². The van der Waals surface area contributed by atoms with Crippen LogP contribution in [0.2, 0.25) is 0 Å². The molecule has 60 heavy (non-hydrogen) atoms. The van der Waals surface area contributed by atoms with Crippen LogP contribution in [0.25, 0.3) is 88.0 Å². The van der Waals surface area contributed by atoms with Gasteiger partial charge in [-0.15, -0.1) is 0 Å². The Labute approximate surface area is 349 Å². The molecule has 2 heteroatoms. The van der Waals surface area contributed by atoms with E-state index in [1.807, 2.05) is 0 Å². The molecule has 0 aliphatic carbocycles. The first kappa shape index (κ1) is 35.2. The highest BCUT2D eigenvalue weighted by molar-refractivity contribution is 6.17. The molecule has 0 spiro atoms. The minimum atomic E-state index is 0.921. The van der Waals surface area contributed by atoms with Crippen LogP contribution in [-0.2, 0) is 0 Å². The van der Waals surface area contributed by atoms with E-state index in [0.29, 0.717) is 0 Å². The summed E-state index contributed by atoms with van der Waals surface area (Å²) < 4.78 is 0. The number of aromatic nitrogens is 1. The normalized spacial score (nSPS) is 13.8. The first-order valence-electron chi connectivity index (χ1n) is 20.5. The van der Waals surface area contributed by atoms with Crippen molar-refractivity contribution in [3.8, 4) is 33.5 Å². The molecule has 1 aromatic heterocycles. The lowest BCUT2D eigenvalue weighted by molar-refractivity contribution is 1.40. The summed E-state index contributed by atoms with van der Waals surface area (Å²) in [5, 5.41) is 8.45. The number of benzene rings is 9. The first-order chi connectivity index (χ1) is 29.7. The monoisotopic (exact) mass is 762 g/mol. The van der Waals surface area contributed by atoms with Crippen molar-refractivity contribution in [3.63, 3.8) is 0 Å². The minimum absolute atomic E-state index is 0.921. The lowest BCUT2D eigenvalue weighted by atomic mass is 9.94. The van der Waals surface area contributed by atoms with Gasteiger partial charge in [-0.1, -0.05) is 194 Å². The second-order valence-corrected chi connectivity index (χ2v) is 15.4. The second-order valence-electron chi connectivity index (χ2n) is 15.4. The highest BCUT2D eigenvalue weighted by Gasteiger charge is 2.14. The largest absolute Gasteiger partial charge is 0.248 e. The third kappa shape index (κ3) is 6.70. The van der Waals surface area contributed by atoms with Gasteiger partial charge in [0.05, 0.1) is 22.6 Å². The van der Waals surface area contributed by atoms with Crippen molar-refractivity contribution >= 4 is 60.2 Å². The van der Waals surface area contributed by atoms with E-state index in [2.05, 4.69) is 231 Å². The van der Waals surface area contributed by atoms with Crippen LogP contribution in [0.15, 0.2) is 236 Å². The average Bonchev–Trinajstić information content (AvgIpc) is 3.31. The highest BCUT2D eigenvalue weighted by atomic mass is 14.8. The Kier molecular flexibility index (Phi) is 8.87. The zero-order valence-electron chi connectivity index (χ0n) is 32.8. The molecule has 0 bridgehead atoms. The molecule has 280 valence electrons. The lowest BCUT2D eigenvalue weighted by Crippen LogP contribution is -2.01. The quantitative estimate of drug-likeness (QED) is 0.155. The van der Waals surface area contributed by atoms with Crippen molar-refractivity contribution in [1.82, 2.24) is 4.98 Å². The zero-order valence-corrected chi connectivity index (χ0v) is 32.8. The Morgan fingerprint density at radius 1 is 0.367 bits per heavy atom. The molecule has 9 aromatic carbocycles. The van der Waals surface area contributed by atoms with E-state index in [4.69, 9.17) is 9.98 Å². The molecule has 0 fully saturated rings. The van der Waals surface area contributed by atoms with Crippen molar-refractivity contribution in [1.29, 1.82) is 0 Å². The number of rotatable bonds is 6. The van der Waals surface area contributed by atoms with Gasteiger partial charge in [0.2, 0.25) is 0 Å². The summed E-state index contributed by atoms with van der Waals surface area (Å²) in [6.45, 7) is 0. The van der Waals surface area contributed by atoms with Crippen LogP contribution >= 0.6 is 0 Å². The van der Waals surface area contributed by atoms with E-state index in [1.165, 1.54) is 48.8 Å². The summed E-state index contributed by atoms with van der Waals surface area (Å²) >= 11 is 0. The summed E-state index contributed by atoms with van der Waals surface area (Å²) in [6.07, 6.45) is 8.67. The molecule has 1 aliphatic rings. The standard InChI is InChI=1S/C58H38N2/c1-2-13-44(14-3-1)53-38-57(60-55-34-33-45-15-8-9-19-52(45)58(53)55)46-29-25-42(26-30-46)41-21-23-43(24-22-41)49-18-10-20-54(50-31-27-39-11-4-6-16-47(39)35-50)59-56(37-49)51-32-28-40-12-5-7-17-48(40)36-51/h1-38H/b18-10?,20-10?,49-18?,49-37+,54-20?,56-37?,59-54?,59-56?. The van der Waals surface area contributed by atoms with Gasteiger partial charge in [-0.05, 0) is 102 Å². The molecule has 0 atom stereocenters. The fraction of sp³-hybridized carbons (Fsp3) is 0. The molecular weight excluding hydrogens is 725 g/mol. The summed E-state index contributed by atoms with van der Waals surface area (Å²) in [6, 6.07) is 73.7. The average molecular weight is 763 g/mol. The fourth-order valence-corrected chi connectivity index (χ4v) is 8.51. The molecule has 10 aromatic rings. The Hall–Kier alpha value is -7.94. The molecule has 0 N–H and O–H groups in total. The summed E-state index contributed by atoms with van der Waals surface area (Å²) in [4.78, 5) is 10.6. The van der Waals surface area contributed by atoms with E-state index in [1.54, 1.807) is 0 Å². The topological polar surface area (TPSA) is 25.2 Å². The molecule has 0 amide bonds. The number of fused-ring (bicyclic) bond motifs is 5. The van der Waals surface area contributed by atoms with Crippen LogP contribution in [0.5, 0.6) is 0 Å². The van der Waals surface area contributed by atoms with Gasteiger partial charge in [-0.3, -0.25) is 0 Å². The zero-order chi connectivity index (χ0) is 39.8. The number of hydrogen-bond donors (Lipinski definition) is 0. The van der Waals surface area contributed by atoms with Gasteiger partial charge in [0, 0.05) is 22.1 Å². The summed E-state index contributed by atoms with van der Waals surface area (Å²) in [5.41, 5.74) is 14.0. The third-order valence-electron chi connectivity index (χ3n) is 11.7.